The molecule has 2 aromatic carbocycles. The fourth-order valence-electron chi connectivity index (χ4n) is 5.63. The van der Waals surface area contributed by atoms with Crippen molar-refractivity contribution in [1.82, 2.24) is 28.9 Å². The standard InChI is InChI=1S/C33H40F2N6O4/c1-21(2)13-14-40-27(36-29-28(40)30(42)37-31(43)41(29)18-22-9-7-6-8-10-22)20-38-15-16-39(32(44)45-33(3,4)5)19-26(38)24-17-23(34)11-12-25(24)35/h6-12,17,21,26H,13-16,18-20H2,1-5H3,(H,37,42,43). The Kier molecular flexibility index (Phi) is 9.24. The van der Waals surface area contributed by atoms with E-state index in [0.717, 1.165) is 30.2 Å². The number of nitrogens with one attached hydrogen (secondary N) is 1. The summed E-state index contributed by atoms with van der Waals surface area (Å²) in [4.78, 5) is 50.1. The molecule has 10 nitrogen and oxygen atoms in total. The van der Waals surface area contributed by atoms with Crippen LogP contribution in [-0.2, 0) is 24.4 Å². The zero-order valence-electron chi connectivity index (χ0n) is 26.3. The van der Waals surface area contributed by atoms with Gasteiger partial charge in [-0.05, 0) is 56.9 Å². The molecule has 0 spiro atoms. The van der Waals surface area contributed by atoms with Crippen molar-refractivity contribution in [2.75, 3.05) is 19.6 Å². The number of aromatic nitrogens is 4. The number of amides is 1. The molecule has 1 unspecified atom stereocenters. The van der Waals surface area contributed by atoms with E-state index in [9.17, 15) is 18.8 Å². The normalized spacial score (nSPS) is 16.1. The van der Waals surface area contributed by atoms with Gasteiger partial charge in [0.25, 0.3) is 5.56 Å². The van der Waals surface area contributed by atoms with Gasteiger partial charge >= 0.3 is 11.8 Å². The van der Waals surface area contributed by atoms with Gasteiger partial charge in [0.15, 0.2) is 11.2 Å². The molecular formula is C33H40F2N6O4. The Morgan fingerprint density at radius 2 is 1.78 bits per heavy atom. The largest absolute Gasteiger partial charge is 0.444 e. The highest BCUT2D eigenvalue weighted by molar-refractivity contribution is 5.71. The van der Waals surface area contributed by atoms with E-state index in [1.54, 1.807) is 20.8 Å². The molecule has 0 saturated carbocycles. The number of imidazole rings is 1. The zero-order valence-corrected chi connectivity index (χ0v) is 26.3. The van der Waals surface area contributed by atoms with Gasteiger partial charge < -0.3 is 14.2 Å². The van der Waals surface area contributed by atoms with Crippen LogP contribution in [0, 0.1) is 17.6 Å². The van der Waals surface area contributed by atoms with Crippen molar-refractivity contribution in [2.24, 2.45) is 5.92 Å². The van der Waals surface area contributed by atoms with Gasteiger partial charge in [-0.3, -0.25) is 19.2 Å². The second-order valence-corrected chi connectivity index (χ2v) is 12.9. The van der Waals surface area contributed by atoms with Gasteiger partial charge in [-0.25, -0.2) is 23.4 Å². The number of hydrogen-bond donors (Lipinski definition) is 1. The van der Waals surface area contributed by atoms with Gasteiger partial charge in [-0.2, -0.15) is 0 Å². The van der Waals surface area contributed by atoms with E-state index in [1.807, 2.05) is 39.8 Å². The van der Waals surface area contributed by atoms with E-state index in [2.05, 4.69) is 18.8 Å². The molecule has 1 saturated heterocycles. The van der Waals surface area contributed by atoms with Crippen LogP contribution in [0.2, 0.25) is 0 Å². The number of fused-ring (bicyclic) bond motifs is 1. The fourth-order valence-corrected chi connectivity index (χ4v) is 5.63. The Morgan fingerprint density at radius 1 is 1.04 bits per heavy atom. The predicted octanol–water partition coefficient (Wildman–Crippen LogP) is 5.05. The number of piperazine rings is 1. The highest BCUT2D eigenvalue weighted by Gasteiger charge is 2.35. The topological polar surface area (TPSA) is 105 Å². The second-order valence-electron chi connectivity index (χ2n) is 12.9. The third-order valence-corrected chi connectivity index (χ3v) is 7.88. The summed E-state index contributed by atoms with van der Waals surface area (Å²) < 4.78 is 38.5. The highest BCUT2D eigenvalue weighted by Crippen LogP contribution is 2.31. The molecule has 2 aromatic heterocycles. The highest BCUT2D eigenvalue weighted by atomic mass is 19.1. The number of carbonyl (C=O) groups is 1. The molecule has 240 valence electrons. The van der Waals surface area contributed by atoms with Crippen molar-refractivity contribution >= 4 is 17.3 Å². The lowest BCUT2D eigenvalue weighted by Gasteiger charge is -2.41. The molecule has 1 fully saturated rings. The lowest BCUT2D eigenvalue weighted by Crippen LogP contribution is -2.51. The van der Waals surface area contributed by atoms with Crippen molar-refractivity contribution in [2.45, 2.75) is 72.3 Å². The molecule has 0 radical (unpaired) electrons. The number of H-pyrrole nitrogens is 1. The molecule has 5 rings (SSSR count). The summed E-state index contributed by atoms with van der Waals surface area (Å²) in [5.41, 5.74) is -0.323. The van der Waals surface area contributed by atoms with Crippen LogP contribution in [0.1, 0.15) is 64.0 Å². The van der Waals surface area contributed by atoms with Gasteiger partial charge in [0.2, 0.25) is 0 Å². The zero-order chi connectivity index (χ0) is 32.5. The van der Waals surface area contributed by atoms with Crippen molar-refractivity contribution in [3.8, 4) is 0 Å². The molecular weight excluding hydrogens is 582 g/mol. The monoisotopic (exact) mass is 622 g/mol. The Hall–Kier alpha value is -4.32. The van der Waals surface area contributed by atoms with Crippen LogP contribution >= 0.6 is 0 Å². The van der Waals surface area contributed by atoms with Crippen LogP contribution < -0.4 is 11.2 Å². The van der Waals surface area contributed by atoms with E-state index >= 15 is 4.39 Å². The Morgan fingerprint density at radius 3 is 2.47 bits per heavy atom. The minimum atomic E-state index is -0.731. The molecule has 0 aliphatic carbocycles. The van der Waals surface area contributed by atoms with Crippen molar-refractivity contribution < 1.29 is 18.3 Å². The first-order valence-electron chi connectivity index (χ1n) is 15.2. The number of hydrogen-bond acceptors (Lipinski definition) is 6. The molecule has 0 bridgehead atoms. The van der Waals surface area contributed by atoms with Crippen LogP contribution in [0.5, 0.6) is 0 Å². The quantitative estimate of drug-likeness (QED) is 0.295. The molecule has 1 N–H and O–H groups in total. The van der Waals surface area contributed by atoms with Crippen LogP contribution in [-0.4, -0.2) is 60.2 Å². The molecule has 1 aliphatic rings. The van der Waals surface area contributed by atoms with Crippen LogP contribution in [0.15, 0.2) is 58.1 Å². The number of benzene rings is 2. The second kappa shape index (κ2) is 13.0. The first-order chi connectivity index (χ1) is 21.3. The third kappa shape index (κ3) is 7.33. The Balaban J connectivity index is 1.58. The first kappa shape index (κ1) is 32.1. The maximum atomic E-state index is 15.2. The average Bonchev–Trinajstić information content (AvgIpc) is 3.33. The summed E-state index contributed by atoms with van der Waals surface area (Å²) in [7, 11) is 0. The summed E-state index contributed by atoms with van der Waals surface area (Å²) in [6, 6.07) is 12.0. The molecule has 12 heteroatoms. The van der Waals surface area contributed by atoms with Crippen LogP contribution in [0.3, 0.4) is 0 Å². The predicted molar refractivity (Wildman–Crippen MR) is 167 cm³/mol. The maximum Gasteiger partial charge on any atom is 0.410 e. The van der Waals surface area contributed by atoms with Gasteiger partial charge in [-0.1, -0.05) is 44.2 Å². The lowest BCUT2D eigenvalue weighted by atomic mass is 10.0. The number of carbonyl (C=O) groups excluding carboxylic acids is 1. The smallest absolute Gasteiger partial charge is 0.410 e. The maximum absolute atomic E-state index is 15.2. The van der Waals surface area contributed by atoms with Gasteiger partial charge in [0.05, 0.1) is 19.1 Å². The average molecular weight is 623 g/mol. The molecule has 3 heterocycles. The summed E-state index contributed by atoms with van der Waals surface area (Å²) in [6.45, 7) is 10.9. The van der Waals surface area contributed by atoms with E-state index in [-0.39, 0.29) is 42.9 Å². The Bertz CT molecular complexity index is 1790. The van der Waals surface area contributed by atoms with Gasteiger partial charge in [0.1, 0.15) is 23.1 Å². The van der Waals surface area contributed by atoms with Crippen molar-refractivity contribution in [1.29, 1.82) is 0 Å². The van der Waals surface area contributed by atoms with Crippen LogP contribution in [0.4, 0.5) is 13.6 Å². The van der Waals surface area contributed by atoms with E-state index in [0.29, 0.717) is 24.8 Å². The van der Waals surface area contributed by atoms with E-state index < -0.39 is 40.6 Å². The Labute approximate surface area is 260 Å². The number of ether oxygens (including phenoxy) is 1. The number of aromatic amines is 1. The molecule has 4 aromatic rings. The first-order valence-corrected chi connectivity index (χ1v) is 15.2. The molecule has 45 heavy (non-hydrogen) atoms. The molecule has 1 aliphatic heterocycles. The summed E-state index contributed by atoms with van der Waals surface area (Å²) in [5.74, 6) is -0.368. The van der Waals surface area contributed by atoms with Gasteiger partial charge in [0, 0.05) is 31.7 Å². The fraction of sp³-hybridized carbons (Fsp3) is 0.455. The van der Waals surface area contributed by atoms with Crippen molar-refractivity contribution in [3.63, 3.8) is 0 Å². The number of aryl methyl sites for hydroxylation is 1. The van der Waals surface area contributed by atoms with Gasteiger partial charge in [-0.15, -0.1) is 0 Å². The minimum absolute atomic E-state index is 0.0564. The van der Waals surface area contributed by atoms with E-state index in [1.165, 1.54) is 9.47 Å². The molecule has 1 amide bonds. The summed E-state index contributed by atoms with van der Waals surface area (Å²) in [5, 5.41) is 0. The van der Waals surface area contributed by atoms with Crippen molar-refractivity contribution in [3.05, 3.63) is 98.0 Å². The summed E-state index contributed by atoms with van der Waals surface area (Å²) >= 11 is 0. The third-order valence-electron chi connectivity index (χ3n) is 7.88. The lowest BCUT2D eigenvalue weighted by molar-refractivity contribution is 0.000996. The number of rotatable bonds is 8. The summed E-state index contributed by atoms with van der Waals surface area (Å²) in [6.07, 6.45) is 0.203. The van der Waals surface area contributed by atoms with Crippen LogP contribution in [0.25, 0.3) is 11.2 Å². The molecule has 1 atom stereocenters. The number of nitrogens with zero attached hydrogens (tertiary/aromatic N) is 5. The van der Waals surface area contributed by atoms with E-state index in [4.69, 9.17) is 9.72 Å². The minimum Gasteiger partial charge on any atom is -0.444 e. The SMILES string of the molecule is CC(C)CCn1c(CN2CCN(C(=O)OC(C)(C)C)CC2c2cc(F)ccc2F)nc2c1c(=O)[nH]c(=O)n2Cc1ccccc1. The number of halogens is 2.